The molecule has 0 N–H and O–H groups in total. The topological polar surface area (TPSA) is 3.24 Å². The average molecular weight is 290 g/mol. The maximum atomic E-state index is 3.62. The van der Waals surface area contributed by atoms with Crippen molar-refractivity contribution in [3.05, 3.63) is 65.2 Å². The molecule has 0 aliphatic heterocycles. The third-order valence-corrected chi connectivity index (χ3v) is 3.31. The van der Waals surface area contributed by atoms with Crippen LogP contribution in [0.25, 0.3) is 0 Å². The Kier molecular flexibility index (Phi) is 3.85. The van der Waals surface area contributed by atoms with E-state index in [0.29, 0.717) is 0 Å². The molecule has 1 nitrogen and oxygen atoms in total. The lowest BCUT2D eigenvalue weighted by molar-refractivity contribution is 1.07. The Morgan fingerprint density at radius 3 is 2.12 bits per heavy atom. The minimum Gasteiger partial charge on any atom is -0.304 e. The van der Waals surface area contributed by atoms with Crippen LogP contribution in [0.4, 0.5) is 5.69 Å². The van der Waals surface area contributed by atoms with E-state index in [4.69, 9.17) is 0 Å². The molecule has 2 rings (SSSR count). The predicted octanol–water partition coefficient (Wildman–Crippen LogP) is 4.62. The largest absolute Gasteiger partial charge is 0.304 e. The summed E-state index contributed by atoms with van der Waals surface area (Å²) in [6, 6.07) is 17.0. The molecule has 0 aromatic heterocycles. The van der Waals surface area contributed by atoms with Crippen LogP contribution in [0.5, 0.6) is 0 Å². The summed E-state index contributed by atoms with van der Waals surface area (Å²) in [6.07, 6.45) is 0. The van der Waals surface area contributed by atoms with Gasteiger partial charge in [0.15, 0.2) is 0 Å². The number of anilines is 1. The van der Waals surface area contributed by atoms with Gasteiger partial charge in [0.05, 0.1) is 6.54 Å². The number of hydrogen-bond acceptors (Lipinski definition) is 1. The fourth-order valence-electron chi connectivity index (χ4n) is 1.93. The molecular weight excluding hydrogens is 274 g/mol. The summed E-state index contributed by atoms with van der Waals surface area (Å²) in [4.78, 5) is 0. The van der Waals surface area contributed by atoms with Crippen LogP contribution in [0.1, 0.15) is 16.7 Å². The van der Waals surface area contributed by atoms with Crippen LogP contribution in [-0.2, 0) is 6.54 Å². The van der Waals surface area contributed by atoms with E-state index in [9.17, 15) is 0 Å². The Labute approximate surface area is 111 Å². The minimum atomic E-state index is 0.865. The Morgan fingerprint density at radius 2 is 1.53 bits per heavy atom. The first-order valence-electron chi connectivity index (χ1n) is 5.71. The second-order valence-electron chi connectivity index (χ2n) is 4.35. The fourth-order valence-corrected chi connectivity index (χ4v) is 2.42. The second kappa shape index (κ2) is 5.37. The van der Waals surface area contributed by atoms with Crippen LogP contribution in [0, 0.1) is 13.8 Å². The molecule has 0 atom stereocenters. The monoisotopic (exact) mass is 289 g/mol. The van der Waals surface area contributed by atoms with Crippen molar-refractivity contribution < 1.29 is 0 Å². The van der Waals surface area contributed by atoms with Crippen LogP contribution in [0.3, 0.4) is 0 Å². The zero-order chi connectivity index (χ0) is 12.3. The molecule has 17 heavy (non-hydrogen) atoms. The van der Waals surface area contributed by atoms with Crippen molar-refractivity contribution in [2.24, 2.45) is 0 Å². The maximum absolute atomic E-state index is 3.62. The first-order chi connectivity index (χ1) is 8.15. The van der Waals surface area contributed by atoms with E-state index in [1.165, 1.54) is 22.4 Å². The van der Waals surface area contributed by atoms with Crippen LogP contribution in [-0.4, -0.2) is 0 Å². The van der Waals surface area contributed by atoms with Crippen molar-refractivity contribution in [2.45, 2.75) is 20.4 Å². The average Bonchev–Trinajstić information content (AvgIpc) is 2.29. The Morgan fingerprint density at radius 1 is 0.941 bits per heavy atom. The highest BCUT2D eigenvalue weighted by molar-refractivity contribution is 9.10. The molecule has 88 valence electrons. The lowest BCUT2D eigenvalue weighted by atomic mass is 10.1. The standard InChI is InChI=1S/C15H16BrN/c1-12-8-13(2)10-15(9-12)17(16)11-14-6-4-3-5-7-14/h3-10H,11H2,1-2H3. The molecule has 0 fully saturated rings. The fraction of sp³-hybridized carbons (Fsp3) is 0.200. The molecule has 0 aliphatic rings. The van der Waals surface area contributed by atoms with Gasteiger partial charge in [-0.15, -0.1) is 0 Å². The van der Waals surface area contributed by atoms with Gasteiger partial charge in [0.2, 0.25) is 0 Å². The normalized spacial score (nSPS) is 10.3. The second-order valence-corrected chi connectivity index (χ2v) is 5.21. The predicted molar refractivity (Wildman–Crippen MR) is 77.5 cm³/mol. The van der Waals surface area contributed by atoms with Crippen molar-refractivity contribution in [1.29, 1.82) is 0 Å². The molecule has 0 unspecified atom stereocenters. The SMILES string of the molecule is Cc1cc(C)cc(N(Br)Cc2ccccc2)c1. The van der Waals surface area contributed by atoms with Crippen LogP contribution < -0.4 is 3.93 Å². The molecular formula is C15H16BrN. The first-order valence-corrected chi connectivity index (χ1v) is 6.41. The van der Waals surface area contributed by atoms with E-state index in [2.05, 4.69) is 76.4 Å². The molecule has 2 aromatic carbocycles. The number of hydrogen-bond donors (Lipinski definition) is 0. The number of rotatable bonds is 3. The van der Waals surface area contributed by atoms with Crippen molar-refractivity contribution in [2.75, 3.05) is 3.93 Å². The zero-order valence-corrected chi connectivity index (χ0v) is 11.7. The van der Waals surface area contributed by atoms with Gasteiger partial charge in [0.25, 0.3) is 0 Å². The zero-order valence-electron chi connectivity index (χ0n) is 10.2. The van der Waals surface area contributed by atoms with Crippen molar-refractivity contribution in [1.82, 2.24) is 0 Å². The molecule has 0 saturated carbocycles. The summed E-state index contributed by atoms with van der Waals surface area (Å²) in [5.41, 5.74) is 5.07. The summed E-state index contributed by atoms with van der Waals surface area (Å²) in [5, 5.41) is 0. The highest BCUT2D eigenvalue weighted by Crippen LogP contribution is 2.23. The van der Waals surface area contributed by atoms with E-state index in [-0.39, 0.29) is 0 Å². The smallest absolute Gasteiger partial charge is 0.0546 e. The molecule has 0 bridgehead atoms. The third-order valence-electron chi connectivity index (χ3n) is 2.65. The lowest BCUT2D eigenvalue weighted by Crippen LogP contribution is -2.09. The van der Waals surface area contributed by atoms with Gasteiger partial charge in [0.1, 0.15) is 0 Å². The van der Waals surface area contributed by atoms with Gasteiger partial charge < -0.3 is 3.93 Å². The maximum Gasteiger partial charge on any atom is 0.0546 e. The number of nitrogens with zero attached hydrogens (tertiary/aromatic N) is 1. The molecule has 0 amide bonds. The summed E-state index contributed by atoms with van der Waals surface area (Å²) in [6.45, 7) is 5.11. The number of benzene rings is 2. The molecule has 0 spiro atoms. The van der Waals surface area contributed by atoms with Crippen LogP contribution in [0.2, 0.25) is 0 Å². The van der Waals surface area contributed by atoms with E-state index in [0.717, 1.165) is 6.54 Å². The van der Waals surface area contributed by atoms with E-state index < -0.39 is 0 Å². The molecule has 2 heteroatoms. The summed E-state index contributed by atoms with van der Waals surface area (Å²) in [7, 11) is 0. The van der Waals surface area contributed by atoms with E-state index in [1.54, 1.807) is 0 Å². The van der Waals surface area contributed by atoms with Gasteiger partial charge in [-0.05, 0) is 42.7 Å². The van der Waals surface area contributed by atoms with Gasteiger partial charge in [-0.25, -0.2) is 0 Å². The lowest BCUT2D eigenvalue weighted by Gasteiger charge is -2.17. The minimum absolute atomic E-state index is 0.865. The number of halogens is 1. The van der Waals surface area contributed by atoms with Gasteiger partial charge in [-0.2, -0.15) is 0 Å². The first kappa shape index (κ1) is 12.2. The quantitative estimate of drug-likeness (QED) is 0.745. The summed E-state index contributed by atoms with van der Waals surface area (Å²) >= 11 is 3.62. The molecule has 0 radical (unpaired) electrons. The van der Waals surface area contributed by atoms with Gasteiger partial charge in [-0.1, -0.05) is 36.4 Å². The molecule has 0 aliphatic carbocycles. The third kappa shape index (κ3) is 3.34. The van der Waals surface area contributed by atoms with E-state index >= 15 is 0 Å². The van der Waals surface area contributed by atoms with Gasteiger partial charge in [0, 0.05) is 21.8 Å². The van der Waals surface area contributed by atoms with Gasteiger partial charge in [-0.3, -0.25) is 0 Å². The van der Waals surface area contributed by atoms with Crippen LogP contribution in [0.15, 0.2) is 48.5 Å². The Bertz CT molecular complexity index is 473. The molecule has 0 saturated heterocycles. The van der Waals surface area contributed by atoms with E-state index in [1.807, 2.05) is 6.07 Å². The van der Waals surface area contributed by atoms with Crippen molar-refractivity contribution in [3.63, 3.8) is 0 Å². The molecule has 2 aromatic rings. The van der Waals surface area contributed by atoms with Crippen molar-refractivity contribution >= 4 is 21.8 Å². The number of aryl methyl sites for hydroxylation is 2. The highest BCUT2D eigenvalue weighted by Gasteiger charge is 2.04. The Hall–Kier alpha value is -1.28. The highest BCUT2D eigenvalue weighted by atomic mass is 79.9. The van der Waals surface area contributed by atoms with Gasteiger partial charge >= 0.3 is 0 Å². The summed E-state index contributed by atoms with van der Waals surface area (Å²) < 4.78 is 2.10. The molecule has 0 heterocycles. The summed E-state index contributed by atoms with van der Waals surface area (Å²) in [5.74, 6) is 0. The van der Waals surface area contributed by atoms with Crippen molar-refractivity contribution in [3.8, 4) is 0 Å². The van der Waals surface area contributed by atoms with Crippen LogP contribution >= 0.6 is 16.1 Å². The Balaban J connectivity index is 2.17.